The topological polar surface area (TPSA) is 99.9 Å². The number of amides is 5. The Labute approximate surface area is 169 Å². The van der Waals surface area contributed by atoms with Crippen LogP contribution in [-0.2, 0) is 20.9 Å². The minimum Gasteiger partial charge on any atom is -0.459 e. The van der Waals surface area contributed by atoms with Crippen molar-refractivity contribution < 1.29 is 23.6 Å². The van der Waals surface area contributed by atoms with Gasteiger partial charge in [0.2, 0.25) is 5.91 Å². The van der Waals surface area contributed by atoms with Crippen LogP contribution in [-0.4, -0.2) is 40.1 Å². The highest BCUT2D eigenvalue weighted by Crippen LogP contribution is 2.24. The maximum atomic E-state index is 12.5. The van der Waals surface area contributed by atoms with Crippen molar-refractivity contribution in [2.45, 2.75) is 19.5 Å². The summed E-state index contributed by atoms with van der Waals surface area (Å²) in [6.07, 6.45) is 0. The van der Waals surface area contributed by atoms with E-state index in [9.17, 15) is 19.2 Å². The van der Waals surface area contributed by atoms with Crippen molar-refractivity contribution in [1.29, 1.82) is 0 Å². The minimum absolute atomic E-state index is 0.00851. The highest BCUT2D eigenvalue weighted by Gasteiger charge is 2.45. The summed E-state index contributed by atoms with van der Waals surface area (Å²) < 4.78 is 5.71. The standard InChI is InChI=1S/C20H17N3O5S/c1-12(16-9-13-5-2-3-7-15(13)28-16)21-17(24)11-23-19(26)18(25)22(20(23)27)10-14-6-4-8-29-14/h2-9,12H,10-11H2,1H3,(H,21,24)/t12-/m1/s1. The second-order valence-corrected chi connectivity index (χ2v) is 7.65. The molecular weight excluding hydrogens is 394 g/mol. The van der Waals surface area contributed by atoms with Gasteiger partial charge in [-0.3, -0.25) is 19.3 Å². The fourth-order valence-electron chi connectivity index (χ4n) is 3.11. The first-order valence-corrected chi connectivity index (χ1v) is 9.79. The summed E-state index contributed by atoms with van der Waals surface area (Å²) in [6.45, 7) is 1.21. The van der Waals surface area contributed by atoms with Crippen LogP contribution in [0, 0.1) is 0 Å². The molecule has 0 bridgehead atoms. The molecule has 5 amide bonds. The predicted octanol–water partition coefficient (Wildman–Crippen LogP) is 2.66. The summed E-state index contributed by atoms with van der Waals surface area (Å²) >= 11 is 1.37. The molecule has 1 aliphatic rings. The van der Waals surface area contributed by atoms with Gasteiger partial charge < -0.3 is 9.73 Å². The number of rotatable bonds is 6. The second kappa shape index (κ2) is 7.51. The Balaban J connectivity index is 1.41. The number of para-hydroxylation sites is 1. The van der Waals surface area contributed by atoms with Crippen LogP contribution in [0.3, 0.4) is 0 Å². The Morgan fingerprint density at radius 3 is 2.59 bits per heavy atom. The maximum absolute atomic E-state index is 12.5. The Morgan fingerprint density at radius 1 is 1.10 bits per heavy atom. The van der Waals surface area contributed by atoms with Gasteiger partial charge in [0.15, 0.2) is 0 Å². The van der Waals surface area contributed by atoms with Gasteiger partial charge >= 0.3 is 17.8 Å². The Hall–Kier alpha value is -3.46. The van der Waals surface area contributed by atoms with Gasteiger partial charge in [-0.25, -0.2) is 9.69 Å². The van der Waals surface area contributed by atoms with Gasteiger partial charge in [0.25, 0.3) is 0 Å². The third kappa shape index (κ3) is 3.64. The zero-order valence-corrected chi connectivity index (χ0v) is 16.3. The molecule has 29 heavy (non-hydrogen) atoms. The molecule has 1 aromatic carbocycles. The minimum atomic E-state index is -1.00. The maximum Gasteiger partial charge on any atom is 0.335 e. The molecule has 9 heteroatoms. The lowest BCUT2D eigenvalue weighted by molar-refractivity contribution is -0.144. The number of benzene rings is 1. The van der Waals surface area contributed by atoms with E-state index >= 15 is 0 Å². The average Bonchev–Trinajstić information content (AvgIpc) is 3.41. The van der Waals surface area contributed by atoms with Gasteiger partial charge in [0.1, 0.15) is 17.9 Å². The van der Waals surface area contributed by atoms with Crippen molar-refractivity contribution in [2.24, 2.45) is 0 Å². The highest BCUT2D eigenvalue weighted by molar-refractivity contribution is 7.09. The molecule has 0 saturated carbocycles. The molecule has 0 spiro atoms. The lowest BCUT2D eigenvalue weighted by Crippen LogP contribution is -2.42. The normalized spacial score (nSPS) is 15.4. The number of nitrogens with zero attached hydrogens (tertiary/aromatic N) is 2. The summed E-state index contributed by atoms with van der Waals surface area (Å²) in [5, 5.41) is 5.41. The first-order chi connectivity index (χ1) is 13.9. The van der Waals surface area contributed by atoms with Crippen molar-refractivity contribution in [3.8, 4) is 0 Å². The lowest BCUT2D eigenvalue weighted by Gasteiger charge is -2.16. The van der Waals surface area contributed by atoms with Crippen molar-refractivity contribution in [1.82, 2.24) is 15.1 Å². The van der Waals surface area contributed by atoms with E-state index in [1.54, 1.807) is 19.1 Å². The van der Waals surface area contributed by atoms with Crippen LogP contribution in [0.4, 0.5) is 4.79 Å². The van der Waals surface area contributed by atoms with Crippen molar-refractivity contribution in [2.75, 3.05) is 6.54 Å². The molecule has 0 radical (unpaired) electrons. The number of carbonyl (C=O) groups is 4. The number of carbonyl (C=O) groups excluding carboxylic acids is 4. The van der Waals surface area contributed by atoms with Gasteiger partial charge in [0.05, 0.1) is 12.6 Å². The largest absolute Gasteiger partial charge is 0.459 e. The zero-order valence-electron chi connectivity index (χ0n) is 15.5. The summed E-state index contributed by atoms with van der Waals surface area (Å²) in [6, 6.07) is 11.6. The number of nitrogens with one attached hydrogen (secondary N) is 1. The van der Waals surface area contributed by atoms with Crippen molar-refractivity contribution in [3.63, 3.8) is 0 Å². The zero-order chi connectivity index (χ0) is 20.5. The van der Waals surface area contributed by atoms with Gasteiger partial charge in [-0.05, 0) is 30.5 Å². The number of urea groups is 1. The highest BCUT2D eigenvalue weighted by atomic mass is 32.1. The quantitative estimate of drug-likeness (QED) is 0.497. The third-order valence-electron chi connectivity index (χ3n) is 4.58. The van der Waals surface area contributed by atoms with E-state index in [-0.39, 0.29) is 6.54 Å². The molecule has 1 aliphatic heterocycles. The van der Waals surface area contributed by atoms with Crippen molar-refractivity contribution >= 4 is 46.1 Å². The smallest absolute Gasteiger partial charge is 0.335 e. The molecule has 8 nitrogen and oxygen atoms in total. The van der Waals surface area contributed by atoms with Gasteiger partial charge in [-0.1, -0.05) is 24.3 Å². The molecule has 2 aromatic heterocycles. The second-order valence-electron chi connectivity index (χ2n) is 6.62. The molecule has 1 saturated heterocycles. The number of furan rings is 1. The fraction of sp³-hybridized carbons (Fsp3) is 0.200. The van der Waals surface area contributed by atoms with E-state index in [2.05, 4.69) is 5.32 Å². The molecule has 1 fully saturated rings. The van der Waals surface area contributed by atoms with E-state index in [1.807, 2.05) is 35.7 Å². The lowest BCUT2D eigenvalue weighted by atomic mass is 10.2. The van der Waals surface area contributed by atoms with Gasteiger partial charge in [-0.15, -0.1) is 11.3 Å². The van der Waals surface area contributed by atoms with Crippen LogP contribution in [0.25, 0.3) is 11.0 Å². The van der Waals surface area contributed by atoms with E-state index in [4.69, 9.17) is 4.42 Å². The molecule has 3 aromatic rings. The molecule has 4 rings (SSSR count). The predicted molar refractivity (Wildman–Crippen MR) is 105 cm³/mol. The van der Waals surface area contributed by atoms with Crippen LogP contribution in [0.1, 0.15) is 23.6 Å². The monoisotopic (exact) mass is 411 g/mol. The number of hydrogen-bond donors (Lipinski definition) is 1. The van der Waals surface area contributed by atoms with Crippen LogP contribution < -0.4 is 5.32 Å². The Morgan fingerprint density at radius 2 is 1.86 bits per heavy atom. The number of thiophene rings is 1. The fourth-order valence-corrected chi connectivity index (χ4v) is 3.80. The van der Waals surface area contributed by atoms with Gasteiger partial charge in [0, 0.05) is 10.3 Å². The van der Waals surface area contributed by atoms with Crippen LogP contribution in [0.2, 0.25) is 0 Å². The Kier molecular flexibility index (Phi) is 4.89. The summed E-state index contributed by atoms with van der Waals surface area (Å²) in [5.41, 5.74) is 0.698. The van der Waals surface area contributed by atoms with Crippen LogP contribution in [0.5, 0.6) is 0 Å². The molecule has 3 heterocycles. The van der Waals surface area contributed by atoms with E-state index < -0.39 is 36.3 Å². The molecule has 1 atom stereocenters. The van der Waals surface area contributed by atoms with Crippen molar-refractivity contribution in [3.05, 3.63) is 58.5 Å². The molecule has 0 unspecified atom stereocenters. The first-order valence-electron chi connectivity index (χ1n) is 8.91. The summed E-state index contributed by atoms with van der Waals surface area (Å²) in [5.74, 6) is -1.95. The van der Waals surface area contributed by atoms with E-state index in [0.717, 1.165) is 15.2 Å². The molecular formula is C20H17N3O5S. The van der Waals surface area contributed by atoms with E-state index in [0.29, 0.717) is 16.2 Å². The first kappa shape index (κ1) is 18.9. The summed E-state index contributed by atoms with van der Waals surface area (Å²) in [4.78, 5) is 51.5. The van der Waals surface area contributed by atoms with E-state index in [1.165, 1.54) is 11.3 Å². The average molecular weight is 411 g/mol. The van der Waals surface area contributed by atoms with Gasteiger partial charge in [-0.2, -0.15) is 0 Å². The summed E-state index contributed by atoms with van der Waals surface area (Å²) in [7, 11) is 0. The molecule has 1 N–H and O–H groups in total. The molecule has 148 valence electrons. The molecule has 0 aliphatic carbocycles. The van der Waals surface area contributed by atoms with Crippen LogP contribution in [0.15, 0.2) is 52.3 Å². The number of fused-ring (bicyclic) bond motifs is 1. The Bertz CT molecular complexity index is 1070. The van der Waals surface area contributed by atoms with Crippen LogP contribution >= 0.6 is 11.3 Å². The SMILES string of the molecule is C[C@@H](NC(=O)CN1C(=O)C(=O)N(Cc2cccs2)C1=O)c1cc2ccccc2o1. The number of imide groups is 2. The third-order valence-corrected chi connectivity index (χ3v) is 5.44. The number of hydrogen-bond acceptors (Lipinski definition) is 6.